The molecule has 0 bridgehead atoms. The van der Waals surface area contributed by atoms with Gasteiger partial charge in [-0.15, -0.1) is 0 Å². The summed E-state index contributed by atoms with van der Waals surface area (Å²) < 4.78 is 38.0. The van der Waals surface area contributed by atoms with Crippen molar-refractivity contribution in [2.45, 2.75) is 31.5 Å². The van der Waals surface area contributed by atoms with Gasteiger partial charge in [-0.05, 0) is 61.4 Å². The summed E-state index contributed by atoms with van der Waals surface area (Å²) in [7, 11) is 0. The van der Waals surface area contributed by atoms with Crippen LogP contribution in [-0.4, -0.2) is 87.5 Å². The Kier molecular flexibility index (Phi) is 8.57. The Morgan fingerprint density at radius 3 is 2.35 bits per heavy atom. The van der Waals surface area contributed by atoms with Crippen LogP contribution in [0.2, 0.25) is 0 Å². The summed E-state index contributed by atoms with van der Waals surface area (Å²) >= 11 is 0. The van der Waals surface area contributed by atoms with Gasteiger partial charge >= 0.3 is 0 Å². The number of benzene rings is 2. The normalized spacial score (nSPS) is 18.7. The number of hydrogen-bond donors (Lipinski definition) is 2. The molecule has 6 rings (SSSR count). The van der Waals surface area contributed by atoms with Crippen LogP contribution in [0.15, 0.2) is 60.9 Å². The molecule has 2 atom stereocenters. The standard InChI is InChI=1S/C31H32F2N6O4/c32-22-8-4-20(5-9-22)30-24(36-31(37-30)21-6-10-23(33)11-7-21)2-1-3-29(41)39-14-12-38(13-15-39)27-16-28(35-19-34-27)43-26-18-42-17-25(26)40/h4-11,16,19,25-26,40H,1-3,12-15,17-18H2,(H,36,37). The number of nitrogens with one attached hydrogen (secondary N) is 1. The lowest BCUT2D eigenvalue weighted by molar-refractivity contribution is -0.131. The van der Waals surface area contributed by atoms with E-state index in [4.69, 9.17) is 14.5 Å². The van der Waals surface area contributed by atoms with Crippen molar-refractivity contribution in [2.75, 3.05) is 44.3 Å². The summed E-state index contributed by atoms with van der Waals surface area (Å²) in [6, 6.07) is 13.9. The number of rotatable bonds is 9. The first-order valence-electron chi connectivity index (χ1n) is 14.3. The number of hydrogen-bond acceptors (Lipinski definition) is 8. The number of amides is 1. The molecule has 12 heteroatoms. The van der Waals surface area contributed by atoms with Crippen molar-refractivity contribution in [2.24, 2.45) is 0 Å². The number of aromatic nitrogens is 4. The van der Waals surface area contributed by atoms with E-state index in [2.05, 4.69) is 19.9 Å². The lowest BCUT2D eigenvalue weighted by Gasteiger charge is -2.35. The minimum absolute atomic E-state index is 0.0724. The molecular weight excluding hydrogens is 558 g/mol. The smallest absolute Gasteiger partial charge is 0.222 e. The zero-order chi connectivity index (χ0) is 29.8. The Balaban J connectivity index is 1.05. The first-order chi connectivity index (χ1) is 20.9. The van der Waals surface area contributed by atoms with Crippen molar-refractivity contribution in [3.63, 3.8) is 0 Å². The number of carbonyl (C=O) groups excluding carboxylic acids is 1. The van der Waals surface area contributed by atoms with Crippen LogP contribution in [0.1, 0.15) is 18.5 Å². The number of anilines is 1. The highest BCUT2D eigenvalue weighted by Gasteiger charge is 2.29. The summed E-state index contributed by atoms with van der Waals surface area (Å²) in [6.07, 6.45) is 1.82. The maximum absolute atomic E-state index is 13.6. The van der Waals surface area contributed by atoms with E-state index in [1.807, 2.05) is 4.90 Å². The van der Waals surface area contributed by atoms with E-state index in [1.165, 1.54) is 30.6 Å². The average Bonchev–Trinajstić information content (AvgIpc) is 3.64. The highest BCUT2D eigenvalue weighted by molar-refractivity contribution is 5.76. The molecule has 4 heterocycles. The van der Waals surface area contributed by atoms with Gasteiger partial charge in [0.1, 0.15) is 35.7 Å². The Bertz CT molecular complexity index is 1540. The Morgan fingerprint density at radius 2 is 1.67 bits per heavy atom. The quantitative estimate of drug-likeness (QED) is 0.304. The van der Waals surface area contributed by atoms with Crippen LogP contribution in [0.3, 0.4) is 0 Å². The zero-order valence-corrected chi connectivity index (χ0v) is 23.5. The van der Waals surface area contributed by atoms with Crippen LogP contribution in [0, 0.1) is 11.6 Å². The van der Waals surface area contributed by atoms with E-state index in [0.717, 1.165) is 16.8 Å². The van der Waals surface area contributed by atoms with E-state index in [-0.39, 0.29) is 24.1 Å². The summed E-state index contributed by atoms with van der Waals surface area (Å²) in [5.41, 5.74) is 3.01. The molecule has 2 fully saturated rings. The molecule has 0 spiro atoms. The molecule has 0 aliphatic carbocycles. The summed E-state index contributed by atoms with van der Waals surface area (Å²) in [4.78, 5) is 33.6. The zero-order valence-electron chi connectivity index (χ0n) is 23.5. The van der Waals surface area contributed by atoms with Crippen LogP contribution >= 0.6 is 0 Å². The van der Waals surface area contributed by atoms with Crippen molar-refractivity contribution in [3.8, 4) is 28.5 Å². The monoisotopic (exact) mass is 590 g/mol. The number of piperazine rings is 1. The number of carbonyl (C=O) groups is 1. The van der Waals surface area contributed by atoms with Crippen molar-refractivity contribution < 1.29 is 28.2 Å². The number of aliphatic hydroxyl groups is 1. The molecule has 2 N–H and O–H groups in total. The number of aromatic amines is 1. The van der Waals surface area contributed by atoms with Gasteiger partial charge in [0.25, 0.3) is 0 Å². The second kappa shape index (κ2) is 12.8. The largest absolute Gasteiger partial charge is 0.469 e. The maximum Gasteiger partial charge on any atom is 0.222 e. The highest BCUT2D eigenvalue weighted by atomic mass is 19.1. The molecule has 2 aliphatic rings. The summed E-state index contributed by atoms with van der Waals surface area (Å²) in [5.74, 6) is 1.07. The number of H-pyrrole nitrogens is 1. The van der Waals surface area contributed by atoms with Gasteiger partial charge in [-0.3, -0.25) is 4.79 Å². The van der Waals surface area contributed by atoms with Gasteiger partial charge in [0.05, 0.1) is 18.9 Å². The van der Waals surface area contributed by atoms with E-state index in [1.54, 1.807) is 30.3 Å². The number of imidazole rings is 1. The van der Waals surface area contributed by atoms with Gasteiger partial charge in [0.15, 0.2) is 6.10 Å². The van der Waals surface area contributed by atoms with E-state index >= 15 is 0 Å². The summed E-state index contributed by atoms with van der Waals surface area (Å²) in [5, 5.41) is 9.94. The topological polar surface area (TPSA) is 117 Å². The van der Waals surface area contributed by atoms with E-state index in [9.17, 15) is 18.7 Å². The average molecular weight is 591 g/mol. The van der Waals surface area contributed by atoms with Gasteiger partial charge in [-0.25, -0.2) is 23.7 Å². The first kappa shape index (κ1) is 28.7. The lowest BCUT2D eigenvalue weighted by Crippen LogP contribution is -2.49. The molecule has 0 saturated carbocycles. The number of nitrogens with zero attached hydrogens (tertiary/aromatic N) is 5. The fourth-order valence-electron chi connectivity index (χ4n) is 5.30. The first-order valence-corrected chi connectivity index (χ1v) is 14.3. The van der Waals surface area contributed by atoms with Crippen LogP contribution in [0.25, 0.3) is 22.6 Å². The summed E-state index contributed by atoms with van der Waals surface area (Å²) in [6.45, 7) is 2.92. The van der Waals surface area contributed by atoms with Gasteiger partial charge in [-0.1, -0.05) is 0 Å². The Hall–Kier alpha value is -4.42. The fraction of sp³-hybridized carbons (Fsp3) is 0.355. The molecule has 2 unspecified atom stereocenters. The van der Waals surface area contributed by atoms with Gasteiger partial charge in [-0.2, -0.15) is 0 Å². The molecule has 1 amide bonds. The number of aryl methyl sites for hydroxylation is 1. The molecule has 224 valence electrons. The fourth-order valence-corrected chi connectivity index (χ4v) is 5.30. The minimum atomic E-state index is -0.687. The molecule has 2 saturated heterocycles. The second-order valence-corrected chi connectivity index (χ2v) is 10.6. The Labute approximate surface area is 247 Å². The van der Waals surface area contributed by atoms with Crippen molar-refractivity contribution >= 4 is 11.7 Å². The molecule has 10 nitrogen and oxygen atoms in total. The van der Waals surface area contributed by atoms with Crippen LogP contribution < -0.4 is 9.64 Å². The van der Waals surface area contributed by atoms with Gasteiger partial charge in [0.2, 0.25) is 11.8 Å². The number of aliphatic hydroxyl groups excluding tert-OH is 1. The van der Waals surface area contributed by atoms with Crippen LogP contribution in [-0.2, 0) is 16.0 Å². The van der Waals surface area contributed by atoms with Crippen molar-refractivity contribution in [3.05, 3.63) is 78.3 Å². The molecule has 2 aromatic carbocycles. The van der Waals surface area contributed by atoms with Crippen molar-refractivity contribution in [1.29, 1.82) is 0 Å². The molecule has 4 aromatic rings. The predicted molar refractivity (Wildman–Crippen MR) is 154 cm³/mol. The second-order valence-electron chi connectivity index (χ2n) is 10.6. The molecule has 2 aromatic heterocycles. The molecule has 0 radical (unpaired) electrons. The third-order valence-corrected chi connectivity index (χ3v) is 7.69. The molecule has 43 heavy (non-hydrogen) atoms. The number of ether oxygens (including phenoxy) is 2. The molecule has 2 aliphatic heterocycles. The lowest BCUT2D eigenvalue weighted by atomic mass is 10.1. The SMILES string of the molecule is O=C(CCCc1[nH]c(-c2ccc(F)cc2)nc1-c1ccc(F)cc1)N1CCN(c2cc(OC3COCC3O)ncn2)CC1. The third kappa shape index (κ3) is 6.81. The van der Waals surface area contributed by atoms with E-state index in [0.29, 0.717) is 75.3 Å². The molecular formula is C31H32F2N6O4. The minimum Gasteiger partial charge on any atom is -0.469 e. The van der Waals surface area contributed by atoms with Gasteiger partial charge in [0, 0.05) is 55.5 Å². The van der Waals surface area contributed by atoms with Crippen molar-refractivity contribution in [1.82, 2.24) is 24.8 Å². The van der Waals surface area contributed by atoms with Gasteiger partial charge < -0.3 is 29.4 Å². The maximum atomic E-state index is 13.6. The highest BCUT2D eigenvalue weighted by Crippen LogP contribution is 2.28. The Morgan fingerprint density at radius 1 is 0.977 bits per heavy atom. The van der Waals surface area contributed by atoms with Crippen LogP contribution in [0.4, 0.5) is 14.6 Å². The predicted octanol–water partition coefficient (Wildman–Crippen LogP) is 3.62. The third-order valence-electron chi connectivity index (χ3n) is 7.69. The van der Waals surface area contributed by atoms with E-state index < -0.39 is 12.2 Å². The number of halogens is 2. The van der Waals surface area contributed by atoms with Crippen LogP contribution in [0.5, 0.6) is 5.88 Å².